The number of rotatable bonds is 5. The van der Waals surface area contributed by atoms with Crippen LogP contribution in [0, 0.1) is 17.2 Å². The van der Waals surface area contributed by atoms with Crippen LogP contribution in [0.25, 0.3) is 10.2 Å². The standard InChI is InChI=1S/C26H25N5O3S/c1-15(2)11-20(28-22(32)23-29-19-9-5-6-10-21(19)35-23)24(33)31-14-26(12-16(31)13-27)17-7-3-4-8-18(17)30-25(26)34/h3-10,15-16,20H,11-12,14H2,1-2H3,(H,28,32)(H,30,34)/t16-,20-,26-/m0/s1. The van der Waals surface area contributed by atoms with Crippen molar-refractivity contribution in [3.05, 3.63) is 59.1 Å². The molecule has 0 bridgehead atoms. The lowest BCUT2D eigenvalue weighted by Crippen LogP contribution is -2.51. The minimum Gasteiger partial charge on any atom is -0.338 e. The van der Waals surface area contributed by atoms with E-state index in [-0.39, 0.29) is 35.7 Å². The van der Waals surface area contributed by atoms with Crippen molar-refractivity contribution in [2.24, 2.45) is 5.92 Å². The predicted octanol–water partition coefficient (Wildman–Crippen LogP) is 3.46. The fourth-order valence-electron chi connectivity index (χ4n) is 5.07. The maximum atomic E-state index is 13.8. The number of anilines is 1. The molecule has 0 unspecified atom stereocenters. The number of hydrogen-bond acceptors (Lipinski definition) is 6. The molecule has 5 rings (SSSR count). The second-order valence-corrected chi connectivity index (χ2v) is 10.6. The van der Waals surface area contributed by atoms with Crippen LogP contribution in [-0.4, -0.2) is 46.2 Å². The zero-order chi connectivity index (χ0) is 24.7. The summed E-state index contributed by atoms with van der Waals surface area (Å²) in [5, 5.41) is 15.9. The van der Waals surface area contributed by atoms with Gasteiger partial charge in [0.1, 0.15) is 12.1 Å². The van der Waals surface area contributed by atoms with E-state index < -0.39 is 23.4 Å². The van der Waals surface area contributed by atoms with E-state index >= 15 is 0 Å². The van der Waals surface area contributed by atoms with Crippen LogP contribution in [0.3, 0.4) is 0 Å². The number of nitrogens with one attached hydrogen (secondary N) is 2. The molecule has 35 heavy (non-hydrogen) atoms. The van der Waals surface area contributed by atoms with Crippen molar-refractivity contribution < 1.29 is 14.4 Å². The van der Waals surface area contributed by atoms with Gasteiger partial charge in [-0.2, -0.15) is 5.26 Å². The van der Waals surface area contributed by atoms with Crippen LogP contribution < -0.4 is 10.6 Å². The van der Waals surface area contributed by atoms with Crippen LogP contribution in [0.5, 0.6) is 0 Å². The number of fused-ring (bicyclic) bond motifs is 3. The van der Waals surface area contributed by atoms with Crippen LogP contribution >= 0.6 is 11.3 Å². The number of carbonyl (C=O) groups is 3. The van der Waals surface area contributed by atoms with Crippen LogP contribution in [0.2, 0.25) is 0 Å². The number of carbonyl (C=O) groups excluding carboxylic acids is 3. The van der Waals surface area contributed by atoms with Crippen molar-refractivity contribution in [2.75, 3.05) is 11.9 Å². The van der Waals surface area contributed by atoms with Gasteiger partial charge in [0.25, 0.3) is 5.91 Å². The van der Waals surface area contributed by atoms with Crippen molar-refractivity contribution in [1.82, 2.24) is 15.2 Å². The lowest BCUT2D eigenvalue weighted by Gasteiger charge is -2.28. The number of hydrogen-bond donors (Lipinski definition) is 2. The van der Waals surface area contributed by atoms with Crippen molar-refractivity contribution in [3.63, 3.8) is 0 Å². The second kappa shape index (κ2) is 8.78. The van der Waals surface area contributed by atoms with Crippen LogP contribution in [0.4, 0.5) is 5.69 Å². The lowest BCUT2D eigenvalue weighted by atomic mass is 9.80. The molecule has 8 nitrogen and oxygen atoms in total. The van der Waals surface area contributed by atoms with Crippen LogP contribution in [0.15, 0.2) is 48.5 Å². The Bertz CT molecular complexity index is 1340. The van der Waals surface area contributed by atoms with Gasteiger partial charge in [0.2, 0.25) is 11.8 Å². The number of nitrogens with zero attached hydrogens (tertiary/aromatic N) is 3. The lowest BCUT2D eigenvalue weighted by molar-refractivity contribution is -0.134. The van der Waals surface area contributed by atoms with E-state index in [0.29, 0.717) is 12.1 Å². The Hall–Kier alpha value is -3.77. The van der Waals surface area contributed by atoms with Gasteiger partial charge in [0, 0.05) is 18.7 Å². The summed E-state index contributed by atoms with van der Waals surface area (Å²) in [6.45, 7) is 4.04. The minimum absolute atomic E-state index is 0.0957. The first kappa shape index (κ1) is 23.0. The molecule has 0 saturated carbocycles. The van der Waals surface area contributed by atoms with Gasteiger partial charge in [-0.15, -0.1) is 11.3 Å². The number of benzene rings is 2. The third-order valence-electron chi connectivity index (χ3n) is 6.71. The third-order valence-corrected chi connectivity index (χ3v) is 7.75. The molecule has 1 saturated heterocycles. The van der Waals surface area contributed by atoms with Gasteiger partial charge in [-0.25, -0.2) is 4.98 Å². The smallest absolute Gasteiger partial charge is 0.280 e. The Morgan fingerprint density at radius 2 is 2.00 bits per heavy atom. The largest absolute Gasteiger partial charge is 0.338 e. The van der Waals surface area contributed by atoms with E-state index in [1.165, 1.54) is 16.2 Å². The third kappa shape index (κ3) is 3.94. The molecule has 1 aromatic heterocycles. The van der Waals surface area contributed by atoms with Crippen molar-refractivity contribution >= 4 is 45.0 Å². The highest BCUT2D eigenvalue weighted by atomic mass is 32.1. The van der Waals surface area contributed by atoms with Crippen LogP contribution in [-0.2, 0) is 15.0 Å². The molecule has 3 atom stereocenters. The Labute approximate surface area is 206 Å². The average molecular weight is 488 g/mol. The normalized spacial score (nSPS) is 21.7. The monoisotopic (exact) mass is 487 g/mol. The molecular weight excluding hydrogens is 462 g/mol. The van der Waals surface area contributed by atoms with Gasteiger partial charge < -0.3 is 15.5 Å². The summed E-state index contributed by atoms with van der Waals surface area (Å²) in [6.07, 6.45) is 0.623. The zero-order valence-electron chi connectivity index (χ0n) is 19.4. The zero-order valence-corrected chi connectivity index (χ0v) is 20.3. The fraction of sp³-hybridized carbons (Fsp3) is 0.346. The Kier molecular flexibility index (Phi) is 5.77. The van der Waals surface area contributed by atoms with E-state index in [0.717, 1.165) is 15.8 Å². The molecular formula is C26H25N5O3S. The molecule has 3 aromatic rings. The molecule has 0 radical (unpaired) electrons. The number of nitriles is 1. The first-order valence-corrected chi connectivity index (χ1v) is 12.4. The van der Waals surface area contributed by atoms with E-state index in [1.807, 2.05) is 62.4 Å². The van der Waals surface area contributed by atoms with Gasteiger partial charge in [-0.3, -0.25) is 14.4 Å². The molecule has 2 N–H and O–H groups in total. The highest BCUT2D eigenvalue weighted by Crippen LogP contribution is 2.46. The van der Waals surface area contributed by atoms with Gasteiger partial charge in [0.05, 0.1) is 21.7 Å². The fourth-order valence-corrected chi connectivity index (χ4v) is 5.94. The quantitative estimate of drug-likeness (QED) is 0.572. The number of thiazole rings is 1. The Morgan fingerprint density at radius 1 is 1.26 bits per heavy atom. The molecule has 9 heteroatoms. The van der Waals surface area contributed by atoms with Gasteiger partial charge in [-0.1, -0.05) is 44.2 Å². The number of likely N-dealkylation sites (tertiary alicyclic amines) is 1. The van der Waals surface area contributed by atoms with Gasteiger partial charge >= 0.3 is 0 Å². The first-order chi connectivity index (χ1) is 16.8. The number of aromatic nitrogens is 1. The second-order valence-electron chi connectivity index (χ2n) is 9.54. The summed E-state index contributed by atoms with van der Waals surface area (Å²) in [5.74, 6) is -0.856. The predicted molar refractivity (Wildman–Crippen MR) is 133 cm³/mol. The Balaban J connectivity index is 1.42. The summed E-state index contributed by atoms with van der Waals surface area (Å²) in [6, 6.07) is 15.5. The van der Waals surface area contributed by atoms with E-state index in [2.05, 4.69) is 21.7 Å². The number of amides is 3. The molecule has 3 amide bonds. The molecule has 2 aliphatic heterocycles. The summed E-state index contributed by atoms with van der Waals surface area (Å²) < 4.78 is 0.890. The highest BCUT2D eigenvalue weighted by molar-refractivity contribution is 7.20. The van der Waals surface area contributed by atoms with E-state index in [9.17, 15) is 19.6 Å². The Morgan fingerprint density at radius 3 is 2.74 bits per heavy atom. The summed E-state index contributed by atoms with van der Waals surface area (Å²) in [4.78, 5) is 45.8. The summed E-state index contributed by atoms with van der Waals surface area (Å²) in [7, 11) is 0. The summed E-state index contributed by atoms with van der Waals surface area (Å²) in [5.41, 5.74) is 1.28. The number of para-hydroxylation sites is 2. The molecule has 2 aliphatic rings. The summed E-state index contributed by atoms with van der Waals surface area (Å²) >= 11 is 1.27. The SMILES string of the molecule is CC(C)C[C@H](NC(=O)c1nc2ccccc2s1)C(=O)N1C[C@]2(C[C@H]1C#N)C(=O)Nc1ccccc12. The minimum atomic E-state index is -0.966. The van der Waals surface area contributed by atoms with E-state index in [1.54, 1.807) is 0 Å². The molecule has 178 valence electrons. The van der Waals surface area contributed by atoms with Crippen molar-refractivity contribution in [2.45, 2.75) is 44.2 Å². The topological polar surface area (TPSA) is 115 Å². The highest BCUT2D eigenvalue weighted by Gasteiger charge is 2.56. The van der Waals surface area contributed by atoms with Crippen molar-refractivity contribution in [1.29, 1.82) is 5.26 Å². The molecule has 1 spiro atoms. The molecule has 1 fully saturated rings. The van der Waals surface area contributed by atoms with Gasteiger partial charge in [0.15, 0.2) is 5.01 Å². The molecule has 2 aromatic carbocycles. The first-order valence-electron chi connectivity index (χ1n) is 11.6. The maximum Gasteiger partial charge on any atom is 0.280 e. The van der Waals surface area contributed by atoms with Crippen LogP contribution in [0.1, 0.15) is 42.1 Å². The average Bonchev–Trinajstić information content (AvgIpc) is 3.52. The maximum absolute atomic E-state index is 13.8. The molecule has 3 heterocycles. The van der Waals surface area contributed by atoms with E-state index in [4.69, 9.17) is 0 Å². The van der Waals surface area contributed by atoms with Gasteiger partial charge in [-0.05, 0) is 36.1 Å². The van der Waals surface area contributed by atoms with Crippen molar-refractivity contribution in [3.8, 4) is 6.07 Å². The molecule has 0 aliphatic carbocycles.